The van der Waals surface area contributed by atoms with Gasteiger partial charge in [0.1, 0.15) is 0 Å². The third kappa shape index (κ3) is 6.69. The molecular formula is C5H11IO. The van der Waals surface area contributed by atoms with Gasteiger partial charge in [-0.2, -0.15) is 0 Å². The van der Waals surface area contributed by atoms with E-state index in [1.807, 2.05) is 6.92 Å². The average Bonchev–Trinajstić information content (AvgIpc) is 1.61. The zero-order valence-electron chi connectivity index (χ0n) is 4.52. The van der Waals surface area contributed by atoms with E-state index in [9.17, 15) is 0 Å². The topological polar surface area (TPSA) is 20.2 Å². The monoisotopic (exact) mass is 214 g/mol. The number of aliphatic hydroxyl groups is 1. The van der Waals surface area contributed by atoms with Gasteiger partial charge in [0, 0.05) is 0 Å². The van der Waals surface area contributed by atoms with Gasteiger partial charge in [0.05, 0.1) is 6.10 Å². The largest absolute Gasteiger partial charge is 0.393 e. The van der Waals surface area contributed by atoms with E-state index in [2.05, 4.69) is 22.6 Å². The van der Waals surface area contributed by atoms with Gasteiger partial charge in [-0.1, -0.05) is 22.6 Å². The predicted octanol–water partition coefficient (Wildman–Crippen LogP) is 1.58. The maximum absolute atomic E-state index is 8.68. The van der Waals surface area contributed by atoms with Gasteiger partial charge in [0.2, 0.25) is 0 Å². The second kappa shape index (κ2) is 4.84. The summed E-state index contributed by atoms with van der Waals surface area (Å²) < 4.78 is 1.16. The molecule has 0 amide bonds. The van der Waals surface area contributed by atoms with Crippen molar-refractivity contribution in [2.24, 2.45) is 0 Å². The molecule has 0 rings (SSSR count). The molecule has 0 fully saturated rings. The molecule has 0 aromatic rings. The van der Waals surface area contributed by atoms with E-state index in [4.69, 9.17) is 5.11 Å². The lowest BCUT2D eigenvalue weighted by Crippen LogP contribution is -1.98. The van der Waals surface area contributed by atoms with Crippen LogP contribution in [0, 0.1) is 0 Å². The molecule has 7 heavy (non-hydrogen) atoms. The van der Waals surface area contributed by atoms with Gasteiger partial charge in [0.25, 0.3) is 0 Å². The molecule has 0 aliphatic rings. The third-order valence-electron chi connectivity index (χ3n) is 0.756. The summed E-state index contributed by atoms with van der Waals surface area (Å²) >= 11 is 2.31. The first kappa shape index (κ1) is 7.69. The molecule has 2 heteroatoms. The van der Waals surface area contributed by atoms with Crippen LogP contribution in [0.2, 0.25) is 0 Å². The fraction of sp³-hybridized carbons (Fsp3) is 1.00. The Morgan fingerprint density at radius 1 is 1.71 bits per heavy atom. The fourth-order valence-corrected chi connectivity index (χ4v) is 0.813. The first-order valence-corrected chi connectivity index (χ1v) is 4.04. The average molecular weight is 214 g/mol. The Hall–Kier alpha value is 0.690. The molecule has 0 spiro atoms. The van der Waals surface area contributed by atoms with Crippen LogP contribution in [0.15, 0.2) is 0 Å². The normalized spacial score (nSPS) is 14.1. The Kier molecular flexibility index (Phi) is 5.32. The molecule has 1 N–H and O–H groups in total. The van der Waals surface area contributed by atoms with Crippen molar-refractivity contribution in [3.05, 3.63) is 0 Å². The molecule has 0 heterocycles. The van der Waals surface area contributed by atoms with Crippen molar-refractivity contribution in [2.45, 2.75) is 25.9 Å². The summed E-state index contributed by atoms with van der Waals surface area (Å²) in [6, 6.07) is 0. The number of hydrogen-bond donors (Lipinski definition) is 1. The number of alkyl halides is 1. The molecule has 1 atom stereocenters. The lowest BCUT2D eigenvalue weighted by molar-refractivity contribution is 0.184. The molecule has 0 saturated heterocycles. The lowest BCUT2D eigenvalue weighted by atomic mass is 10.2. The first-order chi connectivity index (χ1) is 3.27. The second-order valence-corrected chi connectivity index (χ2v) is 2.76. The predicted molar refractivity (Wildman–Crippen MR) is 39.8 cm³/mol. The number of halogens is 1. The number of hydrogen-bond acceptors (Lipinski definition) is 1. The van der Waals surface area contributed by atoms with Gasteiger partial charge in [-0.15, -0.1) is 0 Å². The van der Waals surface area contributed by atoms with Crippen LogP contribution >= 0.6 is 22.6 Å². The minimum Gasteiger partial charge on any atom is -0.393 e. The minimum absolute atomic E-state index is 0.102. The molecule has 0 aromatic heterocycles. The van der Waals surface area contributed by atoms with E-state index in [1.54, 1.807) is 0 Å². The third-order valence-corrected chi connectivity index (χ3v) is 1.52. The van der Waals surface area contributed by atoms with E-state index in [1.165, 1.54) is 0 Å². The first-order valence-electron chi connectivity index (χ1n) is 2.51. The van der Waals surface area contributed by atoms with E-state index >= 15 is 0 Å². The van der Waals surface area contributed by atoms with Gasteiger partial charge in [-0.3, -0.25) is 0 Å². The van der Waals surface area contributed by atoms with E-state index in [0.717, 1.165) is 17.3 Å². The Bertz CT molecular complexity index is 37.1. The molecule has 0 bridgehead atoms. The van der Waals surface area contributed by atoms with E-state index in [0.29, 0.717) is 0 Å². The van der Waals surface area contributed by atoms with Crippen LogP contribution in [-0.2, 0) is 0 Å². The molecule has 0 aliphatic carbocycles. The summed E-state index contributed by atoms with van der Waals surface area (Å²) in [6.07, 6.45) is 1.98. The van der Waals surface area contributed by atoms with Crippen molar-refractivity contribution in [3.8, 4) is 0 Å². The summed E-state index contributed by atoms with van der Waals surface area (Å²) in [5.74, 6) is 0. The molecule has 0 saturated carbocycles. The highest BCUT2D eigenvalue weighted by molar-refractivity contribution is 14.1. The zero-order chi connectivity index (χ0) is 5.70. The van der Waals surface area contributed by atoms with Crippen LogP contribution in [-0.4, -0.2) is 15.6 Å². The molecule has 44 valence electrons. The Labute approximate surface area is 58.3 Å². The van der Waals surface area contributed by atoms with Crippen LogP contribution in [0.25, 0.3) is 0 Å². The summed E-state index contributed by atoms with van der Waals surface area (Å²) in [6.45, 7) is 1.83. The highest BCUT2D eigenvalue weighted by Crippen LogP contribution is 1.97. The van der Waals surface area contributed by atoms with Crippen molar-refractivity contribution in [2.75, 3.05) is 4.43 Å². The van der Waals surface area contributed by atoms with Crippen LogP contribution in [0.5, 0.6) is 0 Å². The minimum atomic E-state index is -0.102. The molecular weight excluding hydrogens is 203 g/mol. The summed E-state index contributed by atoms with van der Waals surface area (Å²) in [5.41, 5.74) is 0. The van der Waals surface area contributed by atoms with Gasteiger partial charge >= 0.3 is 0 Å². The van der Waals surface area contributed by atoms with Gasteiger partial charge in [0.15, 0.2) is 0 Å². The summed E-state index contributed by atoms with van der Waals surface area (Å²) in [4.78, 5) is 0. The van der Waals surface area contributed by atoms with Gasteiger partial charge < -0.3 is 5.11 Å². The van der Waals surface area contributed by atoms with Crippen molar-refractivity contribution >= 4 is 22.6 Å². The Morgan fingerprint density at radius 2 is 2.29 bits per heavy atom. The SMILES string of the molecule is C[C@@H](O)CCCI. The summed E-state index contributed by atoms with van der Waals surface area (Å²) in [7, 11) is 0. The van der Waals surface area contributed by atoms with E-state index < -0.39 is 0 Å². The number of aliphatic hydroxyl groups excluding tert-OH is 1. The zero-order valence-corrected chi connectivity index (χ0v) is 6.68. The maximum Gasteiger partial charge on any atom is 0.0512 e. The fourth-order valence-electron chi connectivity index (χ4n) is 0.373. The van der Waals surface area contributed by atoms with Crippen LogP contribution in [0.3, 0.4) is 0 Å². The molecule has 0 aromatic carbocycles. The quantitative estimate of drug-likeness (QED) is 0.558. The highest BCUT2D eigenvalue weighted by Gasteiger charge is 1.90. The molecule has 0 unspecified atom stereocenters. The Balaban J connectivity index is 2.68. The van der Waals surface area contributed by atoms with Gasteiger partial charge in [-0.05, 0) is 24.2 Å². The molecule has 0 radical (unpaired) electrons. The van der Waals surface area contributed by atoms with Crippen LogP contribution < -0.4 is 0 Å². The van der Waals surface area contributed by atoms with Crippen molar-refractivity contribution in [3.63, 3.8) is 0 Å². The van der Waals surface area contributed by atoms with Crippen molar-refractivity contribution in [1.82, 2.24) is 0 Å². The maximum atomic E-state index is 8.68. The van der Waals surface area contributed by atoms with E-state index in [-0.39, 0.29) is 6.10 Å². The highest BCUT2D eigenvalue weighted by atomic mass is 127. The summed E-state index contributed by atoms with van der Waals surface area (Å²) in [5, 5.41) is 8.68. The smallest absolute Gasteiger partial charge is 0.0512 e. The van der Waals surface area contributed by atoms with Crippen molar-refractivity contribution < 1.29 is 5.11 Å². The van der Waals surface area contributed by atoms with Crippen LogP contribution in [0.1, 0.15) is 19.8 Å². The van der Waals surface area contributed by atoms with Crippen molar-refractivity contribution in [1.29, 1.82) is 0 Å². The second-order valence-electron chi connectivity index (χ2n) is 1.68. The van der Waals surface area contributed by atoms with Gasteiger partial charge in [-0.25, -0.2) is 0 Å². The van der Waals surface area contributed by atoms with Crippen LogP contribution in [0.4, 0.5) is 0 Å². The lowest BCUT2D eigenvalue weighted by Gasteiger charge is -1.97. The Morgan fingerprint density at radius 3 is 2.43 bits per heavy atom. The standard InChI is InChI=1S/C5H11IO/c1-5(7)3-2-4-6/h5,7H,2-4H2,1H3/t5-/m1/s1. The molecule has 0 aliphatic heterocycles. The molecule has 1 nitrogen and oxygen atoms in total. The number of rotatable bonds is 3.